The lowest BCUT2D eigenvalue weighted by Gasteiger charge is -1.99. The second kappa shape index (κ2) is 3.85. The van der Waals surface area contributed by atoms with Crippen molar-refractivity contribution in [2.75, 3.05) is 0 Å². The zero-order valence-electron chi connectivity index (χ0n) is 7.08. The number of carbonyl (C=O) groups is 1. The quantitative estimate of drug-likeness (QED) is 0.728. The van der Waals surface area contributed by atoms with Gasteiger partial charge in [-0.05, 0) is 18.1 Å². The van der Waals surface area contributed by atoms with Crippen LogP contribution in [0, 0.1) is 0 Å². The first-order valence-electron chi connectivity index (χ1n) is 3.97. The molecule has 3 heteroatoms. The molecular formula is C9H12N2O. The summed E-state index contributed by atoms with van der Waals surface area (Å²) in [5.74, 6) is -0.416. The molecule has 0 atom stereocenters. The van der Waals surface area contributed by atoms with Crippen LogP contribution in [0.1, 0.15) is 29.3 Å². The molecule has 1 aromatic rings. The molecule has 3 nitrogen and oxygen atoms in total. The van der Waals surface area contributed by atoms with Gasteiger partial charge in [0.25, 0.3) is 0 Å². The molecule has 0 radical (unpaired) electrons. The molecule has 0 saturated carbocycles. The van der Waals surface area contributed by atoms with E-state index in [1.807, 2.05) is 0 Å². The molecule has 1 rings (SSSR count). The molecule has 64 valence electrons. The summed E-state index contributed by atoms with van der Waals surface area (Å²) in [5, 5.41) is 0. The van der Waals surface area contributed by atoms with Crippen molar-refractivity contribution in [3.8, 4) is 0 Å². The highest BCUT2D eigenvalue weighted by atomic mass is 16.1. The van der Waals surface area contributed by atoms with Gasteiger partial charge in [-0.3, -0.25) is 9.78 Å². The molecule has 2 N–H and O–H groups in total. The average molecular weight is 164 g/mol. The molecule has 12 heavy (non-hydrogen) atoms. The Bertz CT molecular complexity index is 284. The number of primary amides is 1. The molecule has 0 aromatic carbocycles. The SMILES string of the molecule is CCCc1cncc(C(N)=O)c1. The van der Waals surface area contributed by atoms with Crippen molar-refractivity contribution in [3.05, 3.63) is 29.6 Å². The first-order chi connectivity index (χ1) is 5.74. The third kappa shape index (κ3) is 2.05. The molecular weight excluding hydrogens is 152 g/mol. The second-order valence-electron chi connectivity index (χ2n) is 2.70. The van der Waals surface area contributed by atoms with Gasteiger partial charge >= 0.3 is 0 Å². The van der Waals surface area contributed by atoms with Gasteiger partial charge in [0.2, 0.25) is 5.91 Å². The maximum atomic E-state index is 10.7. The van der Waals surface area contributed by atoms with Crippen molar-refractivity contribution in [1.29, 1.82) is 0 Å². The van der Waals surface area contributed by atoms with Gasteiger partial charge < -0.3 is 5.73 Å². The van der Waals surface area contributed by atoms with Crippen LogP contribution in [0.2, 0.25) is 0 Å². The lowest BCUT2D eigenvalue weighted by atomic mass is 10.1. The van der Waals surface area contributed by atoms with Crippen LogP contribution < -0.4 is 5.73 Å². The van der Waals surface area contributed by atoms with Crippen LogP contribution in [0.4, 0.5) is 0 Å². The van der Waals surface area contributed by atoms with E-state index in [0.717, 1.165) is 18.4 Å². The standard InChI is InChI=1S/C9H12N2O/c1-2-3-7-4-8(9(10)12)6-11-5-7/h4-6H,2-3H2,1H3,(H2,10,12). The first-order valence-corrected chi connectivity index (χ1v) is 3.97. The van der Waals surface area contributed by atoms with E-state index in [0.29, 0.717) is 5.56 Å². The highest BCUT2D eigenvalue weighted by Gasteiger charge is 2.00. The Hall–Kier alpha value is -1.38. The van der Waals surface area contributed by atoms with Crippen molar-refractivity contribution in [2.45, 2.75) is 19.8 Å². The van der Waals surface area contributed by atoms with E-state index in [-0.39, 0.29) is 0 Å². The predicted octanol–water partition coefficient (Wildman–Crippen LogP) is 1.13. The number of pyridine rings is 1. The van der Waals surface area contributed by atoms with E-state index in [2.05, 4.69) is 11.9 Å². The Labute approximate surface area is 71.6 Å². The largest absolute Gasteiger partial charge is 0.366 e. The fourth-order valence-electron chi connectivity index (χ4n) is 1.05. The van der Waals surface area contributed by atoms with Crippen LogP contribution in [-0.4, -0.2) is 10.9 Å². The van der Waals surface area contributed by atoms with Gasteiger partial charge in [-0.2, -0.15) is 0 Å². The van der Waals surface area contributed by atoms with Crippen LogP contribution in [0.5, 0.6) is 0 Å². The Balaban J connectivity index is 2.88. The van der Waals surface area contributed by atoms with Gasteiger partial charge in [-0.25, -0.2) is 0 Å². The molecule has 1 amide bonds. The van der Waals surface area contributed by atoms with E-state index in [1.165, 1.54) is 6.20 Å². The van der Waals surface area contributed by atoms with Gasteiger partial charge in [0.1, 0.15) is 0 Å². The predicted molar refractivity (Wildman–Crippen MR) is 46.7 cm³/mol. The Morgan fingerprint density at radius 1 is 1.58 bits per heavy atom. The van der Waals surface area contributed by atoms with Crippen LogP contribution >= 0.6 is 0 Å². The summed E-state index contributed by atoms with van der Waals surface area (Å²) in [6.07, 6.45) is 5.23. The normalized spacial score (nSPS) is 9.75. The minimum atomic E-state index is -0.416. The van der Waals surface area contributed by atoms with Gasteiger partial charge in [-0.1, -0.05) is 13.3 Å². The summed E-state index contributed by atoms with van der Waals surface area (Å²) >= 11 is 0. The number of aromatic nitrogens is 1. The summed E-state index contributed by atoms with van der Waals surface area (Å²) in [5.41, 5.74) is 6.65. The highest BCUT2D eigenvalue weighted by Crippen LogP contribution is 2.04. The molecule has 0 saturated heterocycles. The van der Waals surface area contributed by atoms with E-state index in [4.69, 9.17) is 5.73 Å². The van der Waals surface area contributed by atoms with Crippen molar-refractivity contribution in [1.82, 2.24) is 4.98 Å². The molecule has 0 bridgehead atoms. The number of amides is 1. The molecule has 0 aliphatic rings. The number of aryl methyl sites for hydroxylation is 1. The third-order valence-corrected chi connectivity index (χ3v) is 1.62. The van der Waals surface area contributed by atoms with Crippen LogP contribution in [0.15, 0.2) is 18.5 Å². The zero-order chi connectivity index (χ0) is 8.97. The highest BCUT2D eigenvalue weighted by molar-refractivity contribution is 5.92. The number of nitrogens with two attached hydrogens (primary N) is 1. The maximum Gasteiger partial charge on any atom is 0.250 e. The first kappa shape index (κ1) is 8.71. The smallest absolute Gasteiger partial charge is 0.250 e. The lowest BCUT2D eigenvalue weighted by molar-refractivity contribution is 0.1000. The summed E-state index contributed by atoms with van der Waals surface area (Å²) in [6, 6.07) is 1.79. The Kier molecular flexibility index (Phi) is 2.80. The molecule has 0 aliphatic heterocycles. The number of hydrogen-bond donors (Lipinski definition) is 1. The van der Waals surface area contributed by atoms with Gasteiger partial charge in [0.15, 0.2) is 0 Å². The van der Waals surface area contributed by atoms with E-state index < -0.39 is 5.91 Å². The molecule has 0 spiro atoms. The van der Waals surface area contributed by atoms with Crippen molar-refractivity contribution >= 4 is 5.91 Å². The van der Waals surface area contributed by atoms with Crippen LogP contribution in [0.25, 0.3) is 0 Å². The third-order valence-electron chi connectivity index (χ3n) is 1.62. The number of hydrogen-bond acceptors (Lipinski definition) is 2. The topological polar surface area (TPSA) is 56.0 Å². The van der Waals surface area contributed by atoms with Gasteiger partial charge in [0, 0.05) is 12.4 Å². The van der Waals surface area contributed by atoms with Crippen molar-refractivity contribution in [3.63, 3.8) is 0 Å². The molecule has 0 unspecified atom stereocenters. The Morgan fingerprint density at radius 3 is 2.92 bits per heavy atom. The molecule has 1 aromatic heterocycles. The van der Waals surface area contributed by atoms with Crippen molar-refractivity contribution in [2.24, 2.45) is 5.73 Å². The zero-order valence-corrected chi connectivity index (χ0v) is 7.08. The average Bonchev–Trinajstić information content (AvgIpc) is 2.05. The summed E-state index contributed by atoms with van der Waals surface area (Å²) in [7, 11) is 0. The van der Waals surface area contributed by atoms with E-state index in [1.54, 1.807) is 12.3 Å². The van der Waals surface area contributed by atoms with Crippen LogP contribution in [-0.2, 0) is 6.42 Å². The number of carbonyl (C=O) groups excluding carboxylic acids is 1. The lowest BCUT2D eigenvalue weighted by Crippen LogP contribution is -2.11. The fraction of sp³-hybridized carbons (Fsp3) is 0.333. The molecule has 1 heterocycles. The number of nitrogens with zero attached hydrogens (tertiary/aromatic N) is 1. The molecule has 0 fully saturated rings. The monoisotopic (exact) mass is 164 g/mol. The van der Waals surface area contributed by atoms with Crippen LogP contribution in [0.3, 0.4) is 0 Å². The number of rotatable bonds is 3. The van der Waals surface area contributed by atoms with Gasteiger partial charge in [0.05, 0.1) is 5.56 Å². The summed E-state index contributed by atoms with van der Waals surface area (Å²) in [6.45, 7) is 2.08. The van der Waals surface area contributed by atoms with Crippen molar-refractivity contribution < 1.29 is 4.79 Å². The van der Waals surface area contributed by atoms with Gasteiger partial charge in [-0.15, -0.1) is 0 Å². The second-order valence-corrected chi connectivity index (χ2v) is 2.70. The molecule has 0 aliphatic carbocycles. The minimum absolute atomic E-state index is 0.416. The summed E-state index contributed by atoms with van der Waals surface area (Å²) in [4.78, 5) is 14.7. The minimum Gasteiger partial charge on any atom is -0.366 e. The van der Waals surface area contributed by atoms with E-state index >= 15 is 0 Å². The fourth-order valence-corrected chi connectivity index (χ4v) is 1.05. The Morgan fingerprint density at radius 2 is 2.33 bits per heavy atom. The summed E-state index contributed by atoms with van der Waals surface area (Å²) < 4.78 is 0. The van der Waals surface area contributed by atoms with E-state index in [9.17, 15) is 4.79 Å². The maximum absolute atomic E-state index is 10.7.